The first-order valence-electron chi connectivity index (χ1n) is 2.90. The Hall–Kier alpha value is -0.510. The van der Waals surface area contributed by atoms with Crippen LogP contribution in [0.15, 0.2) is 29.2 Å². The number of nitrogens with one attached hydrogen (secondary N) is 1. The lowest BCUT2D eigenvalue weighted by Gasteiger charge is -2.04. The quantitative estimate of drug-likeness (QED) is 0.637. The number of rotatable bonds is 2. The second kappa shape index (κ2) is 3.61. The van der Waals surface area contributed by atoms with E-state index in [2.05, 4.69) is 10.8 Å². The fourth-order valence-corrected chi connectivity index (χ4v) is 1.20. The summed E-state index contributed by atoms with van der Waals surface area (Å²) in [5.74, 6) is 0. The number of hydrogen-bond acceptors (Lipinski definition) is 2. The molecule has 0 fully saturated rings. The van der Waals surface area contributed by atoms with Gasteiger partial charge in [0.15, 0.2) is 4.90 Å². The second-order valence-electron chi connectivity index (χ2n) is 1.70. The highest BCUT2D eigenvalue weighted by molar-refractivity contribution is 7.89. The molecular weight excluding hydrogens is 146 g/mol. The molecule has 0 aliphatic heterocycles. The first kappa shape index (κ1) is 7.60. The predicted molar refractivity (Wildman–Crippen MR) is 40.7 cm³/mol. The molecule has 0 amide bonds. The Morgan fingerprint density at radius 2 is 2.40 bits per heavy atom. The van der Waals surface area contributed by atoms with Crippen LogP contribution in [0.3, 0.4) is 0 Å². The van der Waals surface area contributed by atoms with Crippen LogP contribution in [-0.2, 0) is 11.4 Å². The lowest BCUT2D eigenvalue weighted by molar-refractivity contribution is 0.587. The number of benzene rings is 1. The average molecular weight is 154 g/mol. The third-order valence-corrected chi connectivity index (χ3v) is 2.09. The van der Waals surface area contributed by atoms with Crippen LogP contribution in [0.2, 0.25) is 0 Å². The molecule has 1 aromatic carbocycles. The first-order valence-corrected chi connectivity index (χ1v) is 4.05. The fourth-order valence-electron chi connectivity index (χ4n) is 0.602. The molecule has 0 saturated heterocycles. The van der Waals surface area contributed by atoms with Crippen molar-refractivity contribution in [2.24, 2.45) is 0 Å². The molecule has 10 heavy (non-hydrogen) atoms. The summed E-state index contributed by atoms with van der Waals surface area (Å²) in [6.45, 7) is 0. The van der Waals surface area contributed by atoms with E-state index >= 15 is 0 Å². The Kier molecular flexibility index (Phi) is 2.74. The highest BCUT2D eigenvalue weighted by atomic mass is 32.2. The standard InChI is InChI=1S/C7H8NOS/c1-8-10(9)7-5-3-2-4-6-7/h2-5,8H,1H3. The summed E-state index contributed by atoms with van der Waals surface area (Å²) < 4.78 is 13.6. The van der Waals surface area contributed by atoms with Crippen molar-refractivity contribution < 1.29 is 4.55 Å². The summed E-state index contributed by atoms with van der Waals surface area (Å²) in [7, 11) is 1.65. The maximum Gasteiger partial charge on any atom is 0.181 e. The molecule has 0 saturated carbocycles. The summed E-state index contributed by atoms with van der Waals surface area (Å²) in [4.78, 5) is 0.685. The van der Waals surface area contributed by atoms with Crippen LogP contribution < -0.4 is 4.72 Å². The van der Waals surface area contributed by atoms with Crippen molar-refractivity contribution in [2.45, 2.75) is 4.90 Å². The van der Waals surface area contributed by atoms with Crippen LogP contribution in [0.5, 0.6) is 0 Å². The molecule has 2 nitrogen and oxygen atoms in total. The maximum absolute atomic E-state index is 11.0. The molecule has 1 unspecified atom stereocenters. The zero-order valence-corrected chi connectivity index (χ0v) is 6.44. The Bertz CT molecular complexity index is 190. The van der Waals surface area contributed by atoms with Gasteiger partial charge in [-0.3, -0.25) is 0 Å². The monoisotopic (exact) mass is 154 g/mol. The van der Waals surface area contributed by atoms with Gasteiger partial charge in [-0.2, -0.15) is 0 Å². The molecule has 0 bridgehead atoms. The van der Waals surface area contributed by atoms with Crippen molar-refractivity contribution in [3.63, 3.8) is 0 Å². The van der Waals surface area contributed by atoms with Gasteiger partial charge in [0.1, 0.15) is 0 Å². The van der Waals surface area contributed by atoms with Crippen molar-refractivity contribution in [1.29, 1.82) is 0 Å². The van der Waals surface area contributed by atoms with Gasteiger partial charge in [0.2, 0.25) is 0 Å². The van der Waals surface area contributed by atoms with Crippen LogP contribution in [0.25, 0.3) is 0 Å². The van der Waals surface area contributed by atoms with Gasteiger partial charge in [0.25, 0.3) is 0 Å². The van der Waals surface area contributed by atoms with Crippen LogP contribution in [0.1, 0.15) is 0 Å². The Balaban J connectivity index is 2.75. The van der Waals surface area contributed by atoms with Crippen LogP contribution in [0, 0.1) is 6.07 Å². The van der Waals surface area contributed by atoms with Crippen LogP contribution in [0.4, 0.5) is 0 Å². The molecule has 0 aliphatic rings. The third-order valence-electron chi connectivity index (χ3n) is 1.07. The van der Waals surface area contributed by atoms with Crippen molar-refractivity contribution in [3.05, 3.63) is 30.3 Å². The normalized spacial score (nSPS) is 13.0. The molecule has 1 rings (SSSR count). The zero-order chi connectivity index (χ0) is 7.40. The topological polar surface area (TPSA) is 35.1 Å². The maximum atomic E-state index is 11.0. The second-order valence-corrected chi connectivity index (χ2v) is 3.09. The average Bonchev–Trinajstić information content (AvgIpc) is 2.05. The molecule has 0 aliphatic carbocycles. The SMILES string of the molecule is CN[S+]([O-])c1[c]cccc1. The van der Waals surface area contributed by atoms with Gasteiger partial charge in [-0.15, -0.1) is 4.72 Å². The highest BCUT2D eigenvalue weighted by Crippen LogP contribution is 2.04. The molecule has 1 radical (unpaired) electrons. The van der Waals surface area contributed by atoms with E-state index in [0.29, 0.717) is 4.90 Å². The van der Waals surface area contributed by atoms with Gasteiger partial charge < -0.3 is 4.55 Å². The molecule has 0 aromatic heterocycles. The van der Waals surface area contributed by atoms with Gasteiger partial charge in [-0.25, -0.2) is 0 Å². The summed E-state index contributed by atoms with van der Waals surface area (Å²) in [5, 5.41) is 0. The van der Waals surface area contributed by atoms with Crippen molar-refractivity contribution >= 4 is 11.4 Å². The third kappa shape index (κ3) is 1.73. The van der Waals surface area contributed by atoms with E-state index < -0.39 is 11.4 Å². The Morgan fingerprint density at radius 3 is 2.90 bits per heavy atom. The van der Waals surface area contributed by atoms with E-state index in [-0.39, 0.29) is 0 Å². The van der Waals surface area contributed by atoms with Gasteiger partial charge in [-0.05, 0) is 12.1 Å². The molecule has 53 valence electrons. The largest absolute Gasteiger partial charge is 0.593 e. The Labute approximate surface area is 63.6 Å². The lowest BCUT2D eigenvalue weighted by atomic mass is 10.4. The van der Waals surface area contributed by atoms with E-state index in [4.69, 9.17) is 0 Å². The predicted octanol–water partition coefficient (Wildman–Crippen LogP) is 0.729. The first-order chi connectivity index (χ1) is 4.84. The molecule has 0 spiro atoms. The summed E-state index contributed by atoms with van der Waals surface area (Å²) >= 11 is -1.10. The van der Waals surface area contributed by atoms with E-state index in [1.54, 1.807) is 19.2 Å². The highest BCUT2D eigenvalue weighted by Gasteiger charge is 2.05. The molecular formula is C7H8NOS. The minimum absolute atomic E-state index is 0.685. The van der Waals surface area contributed by atoms with Gasteiger partial charge in [0, 0.05) is 13.1 Å². The van der Waals surface area contributed by atoms with E-state index in [1.165, 1.54) is 0 Å². The summed E-state index contributed by atoms with van der Waals surface area (Å²) in [5.41, 5.74) is 0. The molecule has 1 N–H and O–H groups in total. The zero-order valence-electron chi connectivity index (χ0n) is 5.63. The molecule has 1 atom stereocenters. The minimum atomic E-state index is -1.10. The summed E-state index contributed by atoms with van der Waals surface area (Å²) in [6, 6.07) is 10.0. The minimum Gasteiger partial charge on any atom is -0.593 e. The van der Waals surface area contributed by atoms with Gasteiger partial charge in [-0.1, -0.05) is 12.1 Å². The lowest BCUT2D eigenvalue weighted by Crippen LogP contribution is -2.18. The van der Waals surface area contributed by atoms with Gasteiger partial charge in [0.05, 0.1) is 11.4 Å². The van der Waals surface area contributed by atoms with Crippen molar-refractivity contribution in [1.82, 2.24) is 4.72 Å². The Morgan fingerprint density at radius 1 is 1.60 bits per heavy atom. The smallest absolute Gasteiger partial charge is 0.181 e. The van der Waals surface area contributed by atoms with Crippen LogP contribution in [-0.4, -0.2) is 11.6 Å². The van der Waals surface area contributed by atoms with E-state index in [0.717, 1.165) is 0 Å². The van der Waals surface area contributed by atoms with E-state index in [1.807, 2.05) is 12.1 Å². The summed E-state index contributed by atoms with van der Waals surface area (Å²) in [6.07, 6.45) is 0. The van der Waals surface area contributed by atoms with E-state index in [9.17, 15) is 4.55 Å². The van der Waals surface area contributed by atoms with Crippen molar-refractivity contribution in [3.8, 4) is 0 Å². The molecule has 3 heteroatoms. The fraction of sp³-hybridized carbons (Fsp3) is 0.143. The molecule has 0 heterocycles. The van der Waals surface area contributed by atoms with Gasteiger partial charge >= 0.3 is 0 Å². The number of hydrogen-bond donors (Lipinski definition) is 1. The molecule has 1 aromatic rings. The van der Waals surface area contributed by atoms with Crippen LogP contribution >= 0.6 is 0 Å². The van der Waals surface area contributed by atoms with Crippen molar-refractivity contribution in [2.75, 3.05) is 7.05 Å².